The number of rotatable bonds is 7. The number of carbonyl (C=O) groups excluding carboxylic acids is 1. The molecular formula is C12H22N2O4. The molecule has 6 heteroatoms. The molecule has 0 aromatic carbocycles. The summed E-state index contributed by atoms with van der Waals surface area (Å²) in [5, 5.41) is 9.43. The summed E-state index contributed by atoms with van der Waals surface area (Å²) in [5.74, 6) is -1.16. The van der Waals surface area contributed by atoms with Crippen LogP contribution in [-0.4, -0.2) is 53.7 Å². The molecule has 3 N–H and O–H groups in total. The molecule has 1 heterocycles. The quantitative estimate of drug-likeness (QED) is 0.637. The molecular weight excluding hydrogens is 236 g/mol. The molecule has 0 spiro atoms. The summed E-state index contributed by atoms with van der Waals surface area (Å²) in [7, 11) is 0. The Morgan fingerprint density at radius 1 is 1.50 bits per heavy atom. The monoisotopic (exact) mass is 258 g/mol. The van der Waals surface area contributed by atoms with Gasteiger partial charge in [-0.1, -0.05) is 13.3 Å². The summed E-state index contributed by atoms with van der Waals surface area (Å²) in [6, 6.07) is 0. The van der Waals surface area contributed by atoms with E-state index in [4.69, 9.17) is 10.5 Å². The second-order valence-electron chi connectivity index (χ2n) is 4.58. The highest BCUT2D eigenvalue weighted by molar-refractivity contribution is 5.88. The number of nitrogens with two attached hydrogens (primary N) is 1. The van der Waals surface area contributed by atoms with Crippen molar-refractivity contribution in [1.82, 2.24) is 4.90 Å². The van der Waals surface area contributed by atoms with Gasteiger partial charge in [0.05, 0.1) is 6.61 Å². The predicted molar refractivity (Wildman–Crippen MR) is 66.1 cm³/mol. The standard InChI is InChI=1S/C12H22N2O4/c1-2-4-12(11(16)17)5-3-7-14(12)10(15)9-18-8-6-13/h2-9,13H2,1H3,(H,16,17). The van der Waals surface area contributed by atoms with Gasteiger partial charge in [0, 0.05) is 13.1 Å². The lowest BCUT2D eigenvalue weighted by Crippen LogP contribution is -2.54. The van der Waals surface area contributed by atoms with E-state index in [1.54, 1.807) is 0 Å². The summed E-state index contributed by atoms with van der Waals surface area (Å²) >= 11 is 0. The number of hydrogen-bond donors (Lipinski definition) is 2. The van der Waals surface area contributed by atoms with E-state index in [1.807, 2.05) is 6.92 Å². The number of carboxylic acid groups (broad SMARTS) is 1. The number of hydrogen-bond acceptors (Lipinski definition) is 4. The lowest BCUT2D eigenvalue weighted by atomic mass is 9.90. The van der Waals surface area contributed by atoms with Gasteiger partial charge in [-0.05, 0) is 19.3 Å². The van der Waals surface area contributed by atoms with Crippen LogP contribution in [0.4, 0.5) is 0 Å². The number of carbonyl (C=O) groups is 2. The Hall–Kier alpha value is -1.14. The van der Waals surface area contributed by atoms with Crippen LogP contribution in [0.15, 0.2) is 0 Å². The minimum absolute atomic E-state index is 0.0874. The Labute approximate surface area is 107 Å². The van der Waals surface area contributed by atoms with Crippen molar-refractivity contribution >= 4 is 11.9 Å². The fraction of sp³-hybridized carbons (Fsp3) is 0.833. The van der Waals surface area contributed by atoms with E-state index in [1.165, 1.54) is 4.90 Å². The van der Waals surface area contributed by atoms with Gasteiger partial charge in [-0.3, -0.25) is 4.79 Å². The minimum Gasteiger partial charge on any atom is -0.479 e. The first-order chi connectivity index (χ1) is 8.58. The van der Waals surface area contributed by atoms with Gasteiger partial charge < -0.3 is 20.5 Å². The highest BCUT2D eigenvalue weighted by atomic mass is 16.5. The number of aliphatic carboxylic acids is 1. The molecule has 1 rings (SSSR count). The lowest BCUT2D eigenvalue weighted by molar-refractivity contribution is -0.158. The highest BCUT2D eigenvalue weighted by Gasteiger charge is 2.48. The molecule has 0 aromatic heterocycles. The number of likely N-dealkylation sites (tertiary alicyclic amines) is 1. The third kappa shape index (κ3) is 3.00. The topological polar surface area (TPSA) is 92.9 Å². The molecule has 0 aliphatic carbocycles. The Morgan fingerprint density at radius 2 is 2.22 bits per heavy atom. The molecule has 1 aliphatic heterocycles. The van der Waals surface area contributed by atoms with Gasteiger partial charge in [0.25, 0.3) is 0 Å². The average Bonchev–Trinajstić information content (AvgIpc) is 2.75. The van der Waals surface area contributed by atoms with Crippen LogP contribution in [0.5, 0.6) is 0 Å². The van der Waals surface area contributed by atoms with Gasteiger partial charge in [-0.25, -0.2) is 4.79 Å². The van der Waals surface area contributed by atoms with Crippen LogP contribution in [0.3, 0.4) is 0 Å². The van der Waals surface area contributed by atoms with E-state index in [-0.39, 0.29) is 12.5 Å². The summed E-state index contributed by atoms with van der Waals surface area (Å²) in [4.78, 5) is 25.0. The van der Waals surface area contributed by atoms with Crippen molar-refractivity contribution in [1.29, 1.82) is 0 Å². The molecule has 104 valence electrons. The van der Waals surface area contributed by atoms with Crippen LogP contribution in [0, 0.1) is 0 Å². The maximum Gasteiger partial charge on any atom is 0.329 e. The molecule has 0 saturated carbocycles. The fourth-order valence-corrected chi connectivity index (χ4v) is 2.57. The van der Waals surface area contributed by atoms with E-state index in [0.29, 0.717) is 32.5 Å². The predicted octanol–water partition coefficient (Wildman–Crippen LogP) is 0.208. The maximum absolute atomic E-state index is 12.0. The van der Waals surface area contributed by atoms with Gasteiger partial charge >= 0.3 is 5.97 Å². The molecule has 1 unspecified atom stereocenters. The van der Waals surface area contributed by atoms with Crippen molar-refractivity contribution in [2.24, 2.45) is 5.73 Å². The van der Waals surface area contributed by atoms with E-state index in [2.05, 4.69) is 0 Å². The first kappa shape index (κ1) is 14.9. The Bertz CT molecular complexity index is 308. The molecule has 1 fully saturated rings. The zero-order chi connectivity index (χ0) is 13.6. The Kier molecular flexibility index (Phi) is 5.55. The molecule has 0 radical (unpaired) electrons. The van der Waals surface area contributed by atoms with E-state index in [9.17, 15) is 14.7 Å². The first-order valence-electron chi connectivity index (χ1n) is 6.40. The van der Waals surface area contributed by atoms with E-state index < -0.39 is 11.5 Å². The van der Waals surface area contributed by atoms with Gasteiger partial charge in [0.2, 0.25) is 5.91 Å². The van der Waals surface area contributed by atoms with E-state index >= 15 is 0 Å². The zero-order valence-electron chi connectivity index (χ0n) is 10.9. The van der Waals surface area contributed by atoms with Gasteiger partial charge in [-0.15, -0.1) is 0 Å². The summed E-state index contributed by atoms with van der Waals surface area (Å²) < 4.78 is 5.10. The average molecular weight is 258 g/mol. The third-order valence-corrected chi connectivity index (χ3v) is 3.34. The van der Waals surface area contributed by atoms with Crippen LogP contribution in [-0.2, 0) is 14.3 Å². The summed E-state index contributed by atoms with van der Waals surface area (Å²) in [6.07, 6.45) is 2.48. The summed E-state index contributed by atoms with van der Waals surface area (Å²) in [5.41, 5.74) is 4.24. The summed E-state index contributed by atoms with van der Waals surface area (Å²) in [6.45, 7) is 3.00. The SMILES string of the molecule is CCCC1(C(=O)O)CCCN1C(=O)COCCN. The van der Waals surface area contributed by atoms with Crippen molar-refractivity contribution < 1.29 is 19.4 Å². The Balaban J connectivity index is 2.72. The number of ether oxygens (including phenoxy) is 1. The van der Waals surface area contributed by atoms with Gasteiger partial charge in [0.15, 0.2) is 0 Å². The van der Waals surface area contributed by atoms with Crippen molar-refractivity contribution in [3.8, 4) is 0 Å². The molecule has 1 atom stereocenters. The smallest absolute Gasteiger partial charge is 0.329 e. The molecule has 1 saturated heterocycles. The van der Waals surface area contributed by atoms with Crippen molar-refractivity contribution in [3.05, 3.63) is 0 Å². The largest absolute Gasteiger partial charge is 0.479 e. The molecule has 18 heavy (non-hydrogen) atoms. The molecule has 0 aromatic rings. The van der Waals surface area contributed by atoms with Crippen molar-refractivity contribution in [2.75, 3.05) is 26.3 Å². The second-order valence-corrected chi connectivity index (χ2v) is 4.58. The van der Waals surface area contributed by atoms with Crippen LogP contribution < -0.4 is 5.73 Å². The van der Waals surface area contributed by atoms with Crippen molar-refractivity contribution in [2.45, 2.75) is 38.1 Å². The molecule has 0 bridgehead atoms. The molecule has 1 amide bonds. The van der Waals surface area contributed by atoms with E-state index in [0.717, 1.165) is 12.8 Å². The first-order valence-corrected chi connectivity index (χ1v) is 6.40. The van der Waals surface area contributed by atoms with Crippen LogP contribution in [0.1, 0.15) is 32.6 Å². The highest BCUT2D eigenvalue weighted by Crippen LogP contribution is 2.34. The van der Waals surface area contributed by atoms with Crippen LogP contribution in [0.25, 0.3) is 0 Å². The zero-order valence-corrected chi connectivity index (χ0v) is 10.9. The lowest BCUT2D eigenvalue weighted by Gasteiger charge is -2.34. The van der Waals surface area contributed by atoms with Gasteiger partial charge in [-0.2, -0.15) is 0 Å². The fourth-order valence-electron chi connectivity index (χ4n) is 2.57. The maximum atomic E-state index is 12.0. The number of amides is 1. The number of nitrogens with zero attached hydrogens (tertiary/aromatic N) is 1. The van der Waals surface area contributed by atoms with Crippen LogP contribution in [0.2, 0.25) is 0 Å². The second kappa shape index (κ2) is 6.70. The molecule has 1 aliphatic rings. The van der Waals surface area contributed by atoms with Gasteiger partial charge in [0.1, 0.15) is 12.1 Å². The van der Waals surface area contributed by atoms with Crippen molar-refractivity contribution in [3.63, 3.8) is 0 Å². The minimum atomic E-state index is -1.03. The van der Waals surface area contributed by atoms with Crippen LogP contribution >= 0.6 is 0 Å². The molecule has 6 nitrogen and oxygen atoms in total. The normalized spacial score (nSPS) is 23.3. The Morgan fingerprint density at radius 3 is 2.78 bits per heavy atom. The number of carboxylic acids is 1. The third-order valence-electron chi connectivity index (χ3n) is 3.34.